The van der Waals surface area contributed by atoms with Crippen LogP contribution in [0, 0.1) is 10.1 Å². The summed E-state index contributed by atoms with van der Waals surface area (Å²) in [6.07, 6.45) is 0. The fourth-order valence-electron chi connectivity index (χ4n) is 2.74. The van der Waals surface area contributed by atoms with Gasteiger partial charge in [0.15, 0.2) is 0 Å². The van der Waals surface area contributed by atoms with Crippen molar-refractivity contribution in [3.8, 4) is 0 Å². The first-order valence-electron chi connectivity index (χ1n) is 6.90. The maximum Gasteiger partial charge on any atom is 0.324 e. The van der Waals surface area contributed by atoms with E-state index in [4.69, 9.17) is 5.73 Å². The molecule has 1 aliphatic heterocycles. The zero-order valence-corrected chi connectivity index (χ0v) is 12.5. The van der Waals surface area contributed by atoms with E-state index in [1.807, 2.05) is 30.3 Å². The molecule has 2 N–H and O–H groups in total. The summed E-state index contributed by atoms with van der Waals surface area (Å²) in [7, 11) is 0. The maximum absolute atomic E-state index is 12.5. The molecule has 1 aliphatic rings. The molecule has 1 aromatic heterocycles. The van der Waals surface area contributed by atoms with Crippen LogP contribution in [0.1, 0.15) is 21.2 Å². The molecular formula is C15H15N3O3S. The molecule has 1 amide bonds. The summed E-state index contributed by atoms with van der Waals surface area (Å²) < 4.78 is 0. The van der Waals surface area contributed by atoms with Crippen LogP contribution in [0.2, 0.25) is 0 Å². The van der Waals surface area contributed by atoms with Gasteiger partial charge in [0.1, 0.15) is 0 Å². The summed E-state index contributed by atoms with van der Waals surface area (Å²) in [5, 5.41) is 10.7. The topological polar surface area (TPSA) is 89.5 Å². The van der Waals surface area contributed by atoms with Crippen molar-refractivity contribution < 1.29 is 9.72 Å². The highest BCUT2D eigenvalue weighted by Gasteiger charge is 2.35. The smallest absolute Gasteiger partial charge is 0.324 e. The zero-order valence-electron chi connectivity index (χ0n) is 11.7. The van der Waals surface area contributed by atoms with E-state index in [9.17, 15) is 14.9 Å². The van der Waals surface area contributed by atoms with Gasteiger partial charge in [-0.05, 0) is 11.6 Å². The Bertz CT molecular complexity index is 701. The third-order valence-electron chi connectivity index (χ3n) is 3.86. The van der Waals surface area contributed by atoms with Crippen LogP contribution in [0.15, 0.2) is 42.5 Å². The average Bonchev–Trinajstić information content (AvgIpc) is 3.14. The number of nitrogens with two attached hydrogens (primary N) is 1. The lowest BCUT2D eigenvalue weighted by molar-refractivity contribution is -0.380. The van der Waals surface area contributed by atoms with Gasteiger partial charge in [-0.15, -0.1) is 0 Å². The summed E-state index contributed by atoms with van der Waals surface area (Å²) >= 11 is 0.903. The van der Waals surface area contributed by atoms with Crippen LogP contribution >= 0.6 is 11.3 Å². The minimum atomic E-state index is -0.482. The molecule has 0 spiro atoms. The van der Waals surface area contributed by atoms with Gasteiger partial charge in [-0.25, -0.2) is 0 Å². The molecular weight excluding hydrogens is 302 g/mol. The highest BCUT2D eigenvalue weighted by molar-refractivity contribution is 7.17. The Morgan fingerprint density at radius 3 is 2.59 bits per heavy atom. The molecule has 1 saturated heterocycles. The lowest BCUT2D eigenvalue weighted by Gasteiger charge is -2.15. The van der Waals surface area contributed by atoms with Crippen molar-refractivity contribution in [3.05, 3.63) is 63.0 Å². The highest BCUT2D eigenvalue weighted by atomic mass is 32.1. The van der Waals surface area contributed by atoms with Gasteiger partial charge in [-0.2, -0.15) is 0 Å². The molecule has 114 valence electrons. The molecule has 1 aromatic carbocycles. The van der Waals surface area contributed by atoms with E-state index in [0.29, 0.717) is 18.0 Å². The predicted molar refractivity (Wildman–Crippen MR) is 84.0 cm³/mol. The normalized spacial score (nSPS) is 21.0. The fraction of sp³-hybridized carbons (Fsp3) is 0.267. The van der Waals surface area contributed by atoms with Gasteiger partial charge in [0.05, 0.1) is 9.80 Å². The second-order valence-corrected chi connectivity index (χ2v) is 6.35. The molecule has 2 aromatic rings. The van der Waals surface area contributed by atoms with E-state index in [0.717, 1.165) is 16.9 Å². The number of nitro groups is 1. The quantitative estimate of drug-likeness (QED) is 0.694. The molecule has 0 saturated carbocycles. The fourth-order valence-corrected chi connectivity index (χ4v) is 3.53. The van der Waals surface area contributed by atoms with Crippen molar-refractivity contribution in [3.63, 3.8) is 0 Å². The van der Waals surface area contributed by atoms with Crippen LogP contribution in [0.4, 0.5) is 5.00 Å². The van der Waals surface area contributed by atoms with Crippen LogP contribution in [0.5, 0.6) is 0 Å². The molecule has 7 heteroatoms. The summed E-state index contributed by atoms with van der Waals surface area (Å²) in [5.41, 5.74) is 7.29. The summed E-state index contributed by atoms with van der Waals surface area (Å²) in [6.45, 7) is 1.000. The second-order valence-electron chi connectivity index (χ2n) is 5.29. The van der Waals surface area contributed by atoms with Gasteiger partial charge in [0.25, 0.3) is 5.91 Å². The summed E-state index contributed by atoms with van der Waals surface area (Å²) in [5.74, 6) is -0.0907. The Morgan fingerprint density at radius 2 is 1.95 bits per heavy atom. The first-order chi connectivity index (χ1) is 10.6. The SMILES string of the molecule is N[C@@H]1CN(C(=O)c2ccc([N+](=O)[O-])s2)C[C@H]1c1ccccc1. The zero-order chi connectivity index (χ0) is 15.7. The minimum Gasteiger partial charge on any atom is -0.336 e. The predicted octanol–water partition coefficient (Wildman–Crippen LogP) is 2.22. The Hall–Kier alpha value is -2.25. The number of amides is 1. The number of nitrogens with zero attached hydrogens (tertiary/aromatic N) is 2. The number of thiophene rings is 1. The van der Waals surface area contributed by atoms with E-state index >= 15 is 0 Å². The lowest BCUT2D eigenvalue weighted by atomic mass is 9.95. The van der Waals surface area contributed by atoms with Crippen LogP contribution in [0.3, 0.4) is 0 Å². The molecule has 22 heavy (non-hydrogen) atoms. The van der Waals surface area contributed by atoms with Crippen LogP contribution < -0.4 is 5.73 Å². The van der Waals surface area contributed by atoms with E-state index in [-0.39, 0.29) is 22.9 Å². The molecule has 0 unspecified atom stereocenters. The van der Waals surface area contributed by atoms with Gasteiger partial charge >= 0.3 is 5.00 Å². The van der Waals surface area contributed by atoms with E-state index < -0.39 is 4.92 Å². The van der Waals surface area contributed by atoms with E-state index in [2.05, 4.69) is 0 Å². The molecule has 2 heterocycles. The molecule has 3 rings (SSSR count). The van der Waals surface area contributed by atoms with Crippen molar-refractivity contribution >= 4 is 22.2 Å². The first kappa shape index (κ1) is 14.7. The Morgan fingerprint density at radius 1 is 1.23 bits per heavy atom. The van der Waals surface area contributed by atoms with Crippen molar-refractivity contribution in [1.82, 2.24) is 4.90 Å². The summed E-state index contributed by atoms with van der Waals surface area (Å²) in [6, 6.07) is 12.6. The molecule has 0 bridgehead atoms. The van der Waals surface area contributed by atoms with Crippen molar-refractivity contribution in [2.45, 2.75) is 12.0 Å². The van der Waals surface area contributed by atoms with Crippen molar-refractivity contribution in [2.75, 3.05) is 13.1 Å². The molecule has 0 radical (unpaired) electrons. The van der Waals surface area contributed by atoms with Crippen LogP contribution in [0.25, 0.3) is 0 Å². The second kappa shape index (κ2) is 5.86. The molecule has 2 atom stereocenters. The van der Waals surface area contributed by atoms with E-state index in [1.54, 1.807) is 4.90 Å². The van der Waals surface area contributed by atoms with Crippen LogP contribution in [-0.4, -0.2) is 34.9 Å². The number of benzene rings is 1. The standard InChI is InChI=1S/C15H15N3O3S/c16-12-9-17(8-11(12)10-4-2-1-3-5-10)15(19)13-6-7-14(22-13)18(20)21/h1-7,11-12H,8-9,16H2/t11-,12+/m0/s1. The van der Waals surface area contributed by atoms with Crippen molar-refractivity contribution in [1.29, 1.82) is 0 Å². The van der Waals surface area contributed by atoms with E-state index in [1.165, 1.54) is 12.1 Å². The number of carbonyl (C=O) groups excluding carboxylic acids is 1. The van der Waals surface area contributed by atoms with Gasteiger partial charge in [-0.3, -0.25) is 14.9 Å². The summed E-state index contributed by atoms with van der Waals surface area (Å²) in [4.78, 5) is 24.8. The van der Waals surface area contributed by atoms with Gasteiger partial charge in [-0.1, -0.05) is 41.7 Å². The lowest BCUT2D eigenvalue weighted by Crippen LogP contribution is -2.31. The maximum atomic E-state index is 12.5. The third-order valence-corrected chi connectivity index (χ3v) is 4.89. The molecule has 1 fully saturated rings. The Labute approximate surface area is 131 Å². The average molecular weight is 317 g/mol. The Kier molecular flexibility index (Phi) is 3.91. The van der Waals surface area contributed by atoms with Gasteiger partial charge in [0, 0.05) is 31.1 Å². The van der Waals surface area contributed by atoms with Crippen LogP contribution in [-0.2, 0) is 0 Å². The first-order valence-corrected chi connectivity index (χ1v) is 7.72. The minimum absolute atomic E-state index is 0.0218. The van der Waals surface area contributed by atoms with Gasteiger partial charge < -0.3 is 10.6 Å². The number of rotatable bonds is 3. The van der Waals surface area contributed by atoms with Crippen molar-refractivity contribution in [2.24, 2.45) is 5.73 Å². The number of likely N-dealkylation sites (tertiary alicyclic amines) is 1. The molecule has 0 aliphatic carbocycles. The molecule has 6 nitrogen and oxygen atoms in total. The third kappa shape index (κ3) is 2.72. The number of carbonyl (C=O) groups is 1. The highest BCUT2D eigenvalue weighted by Crippen LogP contribution is 2.30. The monoisotopic (exact) mass is 317 g/mol. The largest absolute Gasteiger partial charge is 0.336 e. The number of hydrogen-bond acceptors (Lipinski definition) is 5. The number of hydrogen-bond donors (Lipinski definition) is 1. The Balaban J connectivity index is 1.76. The van der Waals surface area contributed by atoms with Gasteiger partial charge in [0.2, 0.25) is 0 Å².